The standard InChI is InChI=1S/C8H6/c1-7-5-3-4-6-8(7)2/h1-6H. The zero-order chi connectivity index (χ0) is 5.98. The van der Waals surface area contributed by atoms with E-state index in [1.807, 2.05) is 12.1 Å². The average molecular weight is 102 g/mol. The van der Waals surface area contributed by atoms with Crippen molar-refractivity contribution in [1.82, 2.24) is 0 Å². The van der Waals surface area contributed by atoms with Gasteiger partial charge in [-0.2, -0.15) is 0 Å². The molecule has 8 heavy (non-hydrogen) atoms. The maximum atomic E-state index is 5.39. The number of rotatable bonds is 0. The number of benzene rings is 1. The minimum Gasteiger partial charge on any atom is -0.147 e. The zero-order valence-corrected chi connectivity index (χ0v) is 4.46. The highest BCUT2D eigenvalue weighted by Gasteiger charge is 1.72. The first-order valence-corrected chi connectivity index (χ1v) is 2.40. The second kappa shape index (κ2) is 1.77. The van der Waals surface area contributed by atoms with Gasteiger partial charge in [-0.05, 0) is 12.1 Å². The van der Waals surface area contributed by atoms with Gasteiger partial charge in [0.05, 0.1) is 5.22 Å². The van der Waals surface area contributed by atoms with Gasteiger partial charge in [0.15, 0.2) is 0 Å². The van der Waals surface area contributed by atoms with Crippen LogP contribution in [-0.4, -0.2) is 0 Å². The lowest BCUT2D eigenvalue weighted by atomic mass is 10.3. The Morgan fingerprint density at radius 3 is 2.25 bits per heavy atom. The van der Waals surface area contributed by atoms with Gasteiger partial charge in [-0.1, -0.05) is 17.9 Å². The molecule has 0 saturated heterocycles. The van der Waals surface area contributed by atoms with Gasteiger partial charge in [0.1, 0.15) is 0 Å². The number of hydrogen-bond donors (Lipinski definition) is 0. The Hall–Kier alpha value is -1.13. The molecule has 0 spiro atoms. The van der Waals surface area contributed by atoms with E-state index < -0.39 is 0 Å². The molecule has 0 fully saturated rings. The molecule has 0 saturated carbocycles. The molecule has 0 heterocycles. The van der Waals surface area contributed by atoms with Crippen molar-refractivity contribution in [2.45, 2.75) is 0 Å². The first kappa shape index (κ1) is 5.02. The van der Waals surface area contributed by atoms with Crippen molar-refractivity contribution in [2.24, 2.45) is 0 Å². The molecule has 1 aromatic rings. The highest BCUT2D eigenvalue weighted by molar-refractivity contribution is 5.15. The van der Waals surface area contributed by atoms with Crippen LogP contribution in [0.15, 0.2) is 24.3 Å². The molecule has 0 amide bonds. The Morgan fingerprint density at radius 1 is 1.25 bits per heavy atom. The lowest BCUT2D eigenvalue weighted by Crippen LogP contribution is -2.19. The maximum absolute atomic E-state index is 5.39. The molecule has 0 nitrogen and oxygen atoms in total. The molecule has 38 valence electrons. The van der Waals surface area contributed by atoms with Crippen LogP contribution < -0.4 is 10.4 Å². The van der Waals surface area contributed by atoms with Crippen molar-refractivity contribution in [1.29, 1.82) is 0 Å². The van der Waals surface area contributed by atoms with Gasteiger partial charge < -0.3 is 0 Å². The smallest absolute Gasteiger partial charge is 0.0792 e. The van der Waals surface area contributed by atoms with Crippen LogP contribution in [-0.2, 0) is 0 Å². The Morgan fingerprint density at radius 2 is 1.88 bits per heavy atom. The van der Waals surface area contributed by atoms with Crippen molar-refractivity contribution < 1.29 is 0 Å². The molecule has 0 aliphatic rings. The van der Waals surface area contributed by atoms with E-state index >= 15 is 0 Å². The highest BCUT2D eigenvalue weighted by atomic mass is 13.8. The molecule has 1 aromatic carbocycles. The maximum Gasteiger partial charge on any atom is 0.0792 e. The minimum atomic E-state index is 0.646. The Bertz CT molecular complexity index is 231. The van der Waals surface area contributed by atoms with Crippen LogP contribution in [0.1, 0.15) is 0 Å². The van der Waals surface area contributed by atoms with Gasteiger partial charge in [0.2, 0.25) is 0 Å². The molecule has 1 rings (SSSR count). The van der Waals surface area contributed by atoms with Crippen molar-refractivity contribution >= 4 is 13.2 Å². The van der Waals surface area contributed by atoms with E-state index in [-0.39, 0.29) is 0 Å². The van der Waals surface area contributed by atoms with Crippen LogP contribution in [0.4, 0.5) is 0 Å². The molecular weight excluding hydrogens is 96.1 g/mol. The fraction of sp³-hybridized carbons (Fsp3) is 0. The van der Waals surface area contributed by atoms with E-state index in [1.54, 1.807) is 12.1 Å². The molecule has 0 radical (unpaired) electrons. The monoisotopic (exact) mass is 102 g/mol. The normalized spacial score (nSPS) is 8.88. The molecule has 0 aliphatic carbocycles. The summed E-state index contributed by atoms with van der Waals surface area (Å²) in [4.78, 5) is 0. The van der Waals surface area contributed by atoms with Crippen LogP contribution in [0.3, 0.4) is 0 Å². The Kier molecular flexibility index (Phi) is 1.11. The topological polar surface area (TPSA) is 0 Å². The summed E-state index contributed by atoms with van der Waals surface area (Å²) < 4.78 is 0. The van der Waals surface area contributed by atoms with E-state index in [9.17, 15) is 0 Å². The second-order valence-electron chi connectivity index (χ2n) is 1.63. The molecule has 0 unspecified atom stereocenters. The van der Waals surface area contributed by atoms with Crippen molar-refractivity contribution in [3.05, 3.63) is 34.7 Å². The van der Waals surface area contributed by atoms with Crippen LogP contribution in [0.2, 0.25) is 0 Å². The third-order valence-corrected chi connectivity index (χ3v) is 0.996. The predicted octanol–water partition coefficient (Wildman–Crippen LogP) is 0.261. The average Bonchev–Trinajstić information content (AvgIpc) is 1.77. The SMILES string of the molecule is [CH+]=c1ccccc1=[CH-]. The Balaban J connectivity index is 3.59. The van der Waals surface area contributed by atoms with Crippen molar-refractivity contribution in [2.75, 3.05) is 0 Å². The van der Waals surface area contributed by atoms with E-state index in [2.05, 4.69) is 0 Å². The fourth-order valence-electron chi connectivity index (χ4n) is 0.511. The summed E-state index contributed by atoms with van der Waals surface area (Å²) in [7, 11) is 0. The van der Waals surface area contributed by atoms with Gasteiger partial charge >= 0.3 is 0 Å². The summed E-state index contributed by atoms with van der Waals surface area (Å²) in [5.74, 6) is 0. The highest BCUT2D eigenvalue weighted by Crippen LogP contribution is 1.66. The van der Waals surface area contributed by atoms with E-state index in [4.69, 9.17) is 13.2 Å². The molecular formula is C8H6. The first-order valence-electron chi connectivity index (χ1n) is 2.40. The molecule has 0 atom stereocenters. The van der Waals surface area contributed by atoms with Crippen LogP contribution in [0.25, 0.3) is 13.2 Å². The van der Waals surface area contributed by atoms with Gasteiger partial charge in [0.25, 0.3) is 0 Å². The van der Waals surface area contributed by atoms with E-state index in [0.717, 1.165) is 0 Å². The Labute approximate surface area is 48.8 Å². The van der Waals surface area contributed by atoms with Gasteiger partial charge in [0, 0.05) is 0 Å². The van der Waals surface area contributed by atoms with Crippen LogP contribution in [0.5, 0.6) is 0 Å². The summed E-state index contributed by atoms with van der Waals surface area (Å²) in [6, 6.07) is 7.25. The fourth-order valence-corrected chi connectivity index (χ4v) is 0.511. The molecule has 0 aliphatic heterocycles. The summed E-state index contributed by atoms with van der Waals surface area (Å²) in [6.07, 6.45) is 0. The van der Waals surface area contributed by atoms with Gasteiger partial charge in [-0.3, -0.25) is 0 Å². The summed E-state index contributed by atoms with van der Waals surface area (Å²) in [5.41, 5.74) is 0. The number of hydrogen-bond acceptors (Lipinski definition) is 0. The predicted molar refractivity (Wildman–Crippen MR) is 34.6 cm³/mol. The molecule has 0 heteroatoms. The molecule has 0 aromatic heterocycles. The van der Waals surface area contributed by atoms with E-state index in [1.165, 1.54) is 0 Å². The largest absolute Gasteiger partial charge is 0.147 e. The van der Waals surface area contributed by atoms with E-state index in [0.29, 0.717) is 10.4 Å². The third kappa shape index (κ3) is 0.749. The lowest BCUT2D eigenvalue weighted by Gasteiger charge is -1.79. The van der Waals surface area contributed by atoms with Crippen molar-refractivity contribution in [3.63, 3.8) is 0 Å². The summed E-state index contributed by atoms with van der Waals surface area (Å²) in [5, 5.41) is 1.29. The van der Waals surface area contributed by atoms with Gasteiger partial charge in [-0.25, -0.2) is 0 Å². The summed E-state index contributed by atoms with van der Waals surface area (Å²) in [6.45, 7) is 10.8. The van der Waals surface area contributed by atoms with Gasteiger partial charge in [-0.15, -0.1) is 12.6 Å². The van der Waals surface area contributed by atoms with Crippen LogP contribution >= 0.6 is 0 Å². The molecule has 0 N–H and O–H groups in total. The zero-order valence-electron chi connectivity index (χ0n) is 4.46. The quantitative estimate of drug-likeness (QED) is 0.412. The first-order chi connectivity index (χ1) is 3.80. The second-order valence-corrected chi connectivity index (χ2v) is 1.63. The third-order valence-electron chi connectivity index (χ3n) is 0.996. The lowest BCUT2D eigenvalue weighted by molar-refractivity contribution is 1.55. The van der Waals surface area contributed by atoms with Crippen molar-refractivity contribution in [3.8, 4) is 0 Å². The minimum absolute atomic E-state index is 0.646. The van der Waals surface area contributed by atoms with Crippen LogP contribution in [0, 0.1) is 0 Å². The molecule has 0 bridgehead atoms. The summed E-state index contributed by atoms with van der Waals surface area (Å²) >= 11 is 0.